The first-order valence-electron chi connectivity index (χ1n) is 6.41. The van der Waals surface area contributed by atoms with E-state index in [2.05, 4.69) is 19.2 Å². The van der Waals surface area contributed by atoms with Crippen molar-refractivity contribution < 1.29 is 4.74 Å². The average Bonchev–Trinajstić information content (AvgIpc) is 2.14. The maximum Gasteiger partial charge on any atom is 0.0462 e. The molecule has 90 valence electrons. The molecule has 1 saturated carbocycles. The van der Waals surface area contributed by atoms with Crippen LogP contribution in [0.25, 0.3) is 0 Å². The van der Waals surface area contributed by atoms with E-state index in [4.69, 9.17) is 4.74 Å². The van der Waals surface area contributed by atoms with Crippen molar-refractivity contribution >= 4 is 0 Å². The number of hydrogen-bond donors (Lipinski definition) is 1. The lowest BCUT2D eigenvalue weighted by atomic mass is 9.66. The van der Waals surface area contributed by atoms with Crippen LogP contribution in [0.1, 0.15) is 52.4 Å². The van der Waals surface area contributed by atoms with E-state index in [1.54, 1.807) is 7.11 Å². The molecule has 0 aliphatic heterocycles. The van der Waals surface area contributed by atoms with E-state index < -0.39 is 0 Å². The second-order valence-electron chi connectivity index (χ2n) is 5.34. The Bertz CT molecular complexity index is 164. The number of unbranched alkanes of at least 4 members (excludes halogenated alkanes) is 1. The molecule has 0 aromatic rings. The zero-order chi connectivity index (χ0) is 11.1. The van der Waals surface area contributed by atoms with Gasteiger partial charge in [-0.1, -0.05) is 26.7 Å². The molecule has 1 aliphatic carbocycles. The highest BCUT2D eigenvalue weighted by molar-refractivity contribution is 4.89. The van der Waals surface area contributed by atoms with Crippen LogP contribution in [0, 0.1) is 5.41 Å². The zero-order valence-corrected chi connectivity index (χ0v) is 10.6. The summed E-state index contributed by atoms with van der Waals surface area (Å²) in [4.78, 5) is 0. The van der Waals surface area contributed by atoms with Crippen molar-refractivity contribution in [2.24, 2.45) is 5.41 Å². The van der Waals surface area contributed by atoms with Crippen molar-refractivity contribution in [1.29, 1.82) is 0 Å². The van der Waals surface area contributed by atoms with E-state index in [1.807, 2.05) is 0 Å². The minimum absolute atomic E-state index is 0.626. The molecule has 0 spiro atoms. The molecule has 2 heteroatoms. The summed E-state index contributed by atoms with van der Waals surface area (Å²) in [6.07, 6.45) is 8.23. The molecule has 0 heterocycles. The number of rotatable bonds is 8. The minimum atomic E-state index is 0.626. The van der Waals surface area contributed by atoms with Crippen LogP contribution in [0.3, 0.4) is 0 Å². The minimum Gasteiger partial charge on any atom is -0.385 e. The molecular formula is C13H27NO. The lowest BCUT2D eigenvalue weighted by Gasteiger charge is -2.43. The standard InChI is InChI=1S/C13H27NO/c1-12(2)14-11-13(8-6-9-13)7-4-5-10-15-3/h12,14H,4-11H2,1-3H3. The van der Waals surface area contributed by atoms with Crippen LogP contribution in [-0.2, 0) is 4.74 Å². The molecule has 0 saturated heterocycles. The van der Waals surface area contributed by atoms with Gasteiger partial charge in [-0.05, 0) is 31.1 Å². The van der Waals surface area contributed by atoms with Crippen molar-refractivity contribution in [3.63, 3.8) is 0 Å². The van der Waals surface area contributed by atoms with E-state index in [0.29, 0.717) is 11.5 Å². The second-order valence-corrected chi connectivity index (χ2v) is 5.34. The van der Waals surface area contributed by atoms with Crippen LogP contribution in [0.5, 0.6) is 0 Å². The van der Waals surface area contributed by atoms with Gasteiger partial charge in [0.2, 0.25) is 0 Å². The third-order valence-electron chi connectivity index (χ3n) is 3.61. The van der Waals surface area contributed by atoms with Gasteiger partial charge < -0.3 is 10.1 Å². The van der Waals surface area contributed by atoms with Crippen molar-refractivity contribution in [2.45, 2.75) is 58.4 Å². The van der Waals surface area contributed by atoms with Gasteiger partial charge in [-0.15, -0.1) is 0 Å². The first-order chi connectivity index (χ1) is 7.18. The van der Waals surface area contributed by atoms with Gasteiger partial charge >= 0.3 is 0 Å². The highest BCUT2D eigenvalue weighted by Gasteiger charge is 2.35. The molecule has 1 N–H and O–H groups in total. The number of methoxy groups -OCH3 is 1. The second kappa shape index (κ2) is 6.49. The summed E-state index contributed by atoms with van der Waals surface area (Å²) in [6.45, 7) is 6.61. The Morgan fingerprint density at radius 2 is 2.00 bits per heavy atom. The molecule has 15 heavy (non-hydrogen) atoms. The summed E-state index contributed by atoms with van der Waals surface area (Å²) in [5, 5.41) is 3.60. The van der Waals surface area contributed by atoms with E-state index >= 15 is 0 Å². The lowest BCUT2D eigenvalue weighted by molar-refractivity contribution is 0.103. The molecule has 0 amide bonds. The summed E-state index contributed by atoms with van der Waals surface area (Å²) in [5.74, 6) is 0. The average molecular weight is 213 g/mol. The molecule has 0 aromatic heterocycles. The van der Waals surface area contributed by atoms with Gasteiger partial charge in [0.25, 0.3) is 0 Å². The first kappa shape index (κ1) is 13.0. The van der Waals surface area contributed by atoms with Crippen molar-refractivity contribution in [3.8, 4) is 0 Å². The fourth-order valence-corrected chi connectivity index (χ4v) is 2.36. The normalized spacial score (nSPS) is 19.2. The SMILES string of the molecule is COCCCCC1(CNC(C)C)CCC1. The molecule has 0 radical (unpaired) electrons. The van der Waals surface area contributed by atoms with Gasteiger partial charge in [0, 0.05) is 26.3 Å². The molecule has 1 aliphatic rings. The first-order valence-corrected chi connectivity index (χ1v) is 6.41. The smallest absolute Gasteiger partial charge is 0.0462 e. The number of nitrogens with one attached hydrogen (secondary N) is 1. The zero-order valence-electron chi connectivity index (χ0n) is 10.6. The van der Waals surface area contributed by atoms with Crippen LogP contribution in [0.2, 0.25) is 0 Å². The number of hydrogen-bond acceptors (Lipinski definition) is 2. The third kappa shape index (κ3) is 4.52. The van der Waals surface area contributed by atoms with Crippen molar-refractivity contribution in [2.75, 3.05) is 20.3 Å². The fraction of sp³-hybridized carbons (Fsp3) is 1.00. The van der Waals surface area contributed by atoms with Crippen LogP contribution in [-0.4, -0.2) is 26.3 Å². The van der Waals surface area contributed by atoms with Crippen LogP contribution in [0.4, 0.5) is 0 Å². The Kier molecular flexibility index (Phi) is 5.62. The monoisotopic (exact) mass is 213 g/mol. The maximum absolute atomic E-state index is 5.09. The Morgan fingerprint density at radius 3 is 2.47 bits per heavy atom. The van der Waals surface area contributed by atoms with Gasteiger partial charge in [0.1, 0.15) is 0 Å². The fourth-order valence-electron chi connectivity index (χ4n) is 2.36. The lowest BCUT2D eigenvalue weighted by Crippen LogP contribution is -2.42. The van der Waals surface area contributed by atoms with Gasteiger partial charge in [-0.25, -0.2) is 0 Å². The van der Waals surface area contributed by atoms with Gasteiger partial charge in [-0.2, -0.15) is 0 Å². The Morgan fingerprint density at radius 1 is 1.27 bits per heavy atom. The third-order valence-corrected chi connectivity index (χ3v) is 3.61. The van der Waals surface area contributed by atoms with E-state index in [1.165, 1.54) is 45.1 Å². The Hall–Kier alpha value is -0.0800. The molecule has 1 rings (SSSR count). The van der Waals surface area contributed by atoms with Crippen LogP contribution < -0.4 is 5.32 Å². The van der Waals surface area contributed by atoms with Crippen LogP contribution in [0.15, 0.2) is 0 Å². The Labute approximate surface area is 94.8 Å². The van der Waals surface area contributed by atoms with Gasteiger partial charge in [0.15, 0.2) is 0 Å². The topological polar surface area (TPSA) is 21.3 Å². The molecular weight excluding hydrogens is 186 g/mol. The summed E-state index contributed by atoms with van der Waals surface area (Å²) in [6, 6.07) is 0.626. The summed E-state index contributed by atoms with van der Waals surface area (Å²) in [7, 11) is 1.79. The highest BCUT2D eigenvalue weighted by Crippen LogP contribution is 2.44. The molecule has 2 nitrogen and oxygen atoms in total. The van der Waals surface area contributed by atoms with E-state index in [9.17, 15) is 0 Å². The summed E-state index contributed by atoms with van der Waals surface area (Å²) >= 11 is 0. The predicted molar refractivity (Wildman–Crippen MR) is 65.1 cm³/mol. The van der Waals surface area contributed by atoms with E-state index in [0.717, 1.165) is 6.61 Å². The molecule has 0 unspecified atom stereocenters. The largest absolute Gasteiger partial charge is 0.385 e. The molecule has 0 aromatic carbocycles. The summed E-state index contributed by atoms with van der Waals surface area (Å²) < 4.78 is 5.09. The van der Waals surface area contributed by atoms with Crippen molar-refractivity contribution in [1.82, 2.24) is 5.32 Å². The summed E-state index contributed by atoms with van der Waals surface area (Å²) in [5.41, 5.74) is 0.637. The van der Waals surface area contributed by atoms with E-state index in [-0.39, 0.29) is 0 Å². The molecule has 0 atom stereocenters. The highest BCUT2D eigenvalue weighted by atomic mass is 16.5. The molecule has 0 bridgehead atoms. The van der Waals surface area contributed by atoms with Gasteiger partial charge in [-0.3, -0.25) is 0 Å². The molecule has 1 fully saturated rings. The Balaban J connectivity index is 2.15. The quantitative estimate of drug-likeness (QED) is 0.626. The number of ether oxygens (including phenoxy) is 1. The van der Waals surface area contributed by atoms with Gasteiger partial charge in [0.05, 0.1) is 0 Å². The van der Waals surface area contributed by atoms with Crippen molar-refractivity contribution in [3.05, 3.63) is 0 Å². The van der Waals surface area contributed by atoms with Crippen LogP contribution >= 0.6 is 0 Å². The maximum atomic E-state index is 5.09. The predicted octanol–water partition coefficient (Wildman–Crippen LogP) is 2.97.